The molecule has 0 radical (unpaired) electrons. The Morgan fingerprint density at radius 1 is 1.21 bits per heavy atom. The van der Waals surface area contributed by atoms with Gasteiger partial charge in [-0.05, 0) is 12.1 Å². The van der Waals surface area contributed by atoms with Gasteiger partial charge in [-0.15, -0.1) is 0 Å². The number of benzene rings is 1. The van der Waals surface area contributed by atoms with Gasteiger partial charge in [0.25, 0.3) is 0 Å². The molecule has 9 heteroatoms. The number of hydrogen-bond acceptors (Lipinski definition) is 5. The number of alkyl halides is 3. The predicted octanol–water partition coefficient (Wildman–Crippen LogP) is 3.12. The quantitative estimate of drug-likeness (QED) is 0.778. The second-order valence-corrected chi connectivity index (χ2v) is 6.41. The number of nitrogens with zero attached hydrogens (tertiary/aromatic N) is 3. The van der Waals surface area contributed by atoms with Crippen molar-refractivity contribution in [3.63, 3.8) is 0 Å². The average Bonchev–Trinajstić information content (AvgIpc) is 2.68. The number of halogens is 3. The van der Waals surface area contributed by atoms with Crippen LogP contribution in [0.25, 0.3) is 0 Å². The lowest BCUT2D eigenvalue weighted by molar-refractivity contribution is -0.141. The Morgan fingerprint density at radius 3 is 2.61 bits per heavy atom. The molecule has 0 bridgehead atoms. The van der Waals surface area contributed by atoms with E-state index in [0.29, 0.717) is 31.7 Å². The Morgan fingerprint density at radius 2 is 1.93 bits per heavy atom. The molecule has 1 aliphatic rings. The van der Waals surface area contributed by atoms with Crippen molar-refractivity contribution >= 4 is 5.91 Å². The first-order chi connectivity index (χ1) is 13.4. The molecule has 0 aliphatic carbocycles. The number of para-hydroxylation sites is 1. The van der Waals surface area contributed by atoms with E-state index in [9.17, 15) is 18.0 Å². The highest BCUT2D eigenvalue weighted by molar-refractivity contribution is 5.79. The first-order valence-electron chi connectivity index (χ1n) is 8.83. The van der Waals surface area contributed by atoms with E-state index in [1.807, 2.05) is 18.2 Å². The van der Waals surface area contributed by atoms with E-state index in [1.54, 1.807) is 18.1 Å². The summed E-state index contributed by atoms with van der Waals surface area (Å²) in [5.41, 5.74) is -0.229. The summed E-state index contributed by atoms with van der Waals surface area (Å²) in [6.07, 6.45) is -2.63. The average molecular weight is 395 g/mol. The summed E-state index contributed by atoms with van der Waals surface area (Å²) in [4.78, 5) is 21.4. The van der Waals surface area contributed by atoms with E-state index in [2.05, 4.69) is 9.97 Å². The van der Waals surface area contributed by atoms with Crippen molar-refractivity contribution in [1.82, 2.24) is 14.9 Å². The molecule has 0 spiro atoms. The first-order valence-corrected chi connectivity index (χ1v) is 8.83. The third-order valence-electron chi connectivity index (χ3n) is 4.52. The molecule has 0 N–H and O–H groups in total. The van der Waals surface area contributed by atoms with Crippen LogP contribution in [0, 0.1) is 0 Å². The van der Waals surface area contributed by atoms with Crippen LogP contribution in [0.2, 0.25) is 0 Å². The van der Waals surface area contributed by atoms with Crippen LogP contribution < -0.4 is 9.47 Å². The number of methoxy groups -OCH3 is 1. The number of likely N-dealkylation sites (tertiary alicyclic amines) is 1. The summed E-state index contributed by atoms with van der Waals surface area (Å²) in [6, 6.07) is 7.83. The van der Waals surface area contributed by atoms with Gasteiger partial charge in [0.05, 0.1) is 13.5 Å². The number of amides is 1. The fourth-order valence-electron chi connectivity index (χ4n) is 3.05. The molecule has 0 unspecified atom stereocenters. The first kappa shape index (κ1) is 19.9. The fraction of sp³-hybridized carbons (Fsp3) is 0.421. The topological polar surface area (TPSA) is 64.5 Å². The third kappa shape index (κ3) is 4.90. The maximum Gasteiger partial charge on any atom is 0.433 e. The van der Waals surface area contributed by atoms with E-state index < -0.39 is 11.9 Å². The second-order valence-electron chi connectivity index (χ2n) is 6.41. The minimum Gasteiger partial charge on any atom is -0.496 e. The van der Waals surface area contributed by atoms with Crippen molar-refractivity contribution in [2.75, 3.05) is 20.2 Å². The number of rotatable bonds is 5. The van der Waals surface area contributed by atoms with Gasteiger partial charge in [0.15, 0.2) is 5.69 Å². The van der Waals surface area contributed by atoms with Gasteiger partial charge in [-0.2, -0.15) is 18.2 Å². The van der Waals surface area contributed by atoms with Crippen molar-refractivity contribution in [1.29, 1.82) is 0 Å². The maximum absolute atomic E-state index is 12.7. The van der Waals surface area contributed by atoms with Crippen molar-refractivity contribution < 1.29 is 27.4 Å². The zero-order chi connectivity index (χ0) is 20.1. The zero-order valence-corrected chi connectivity index (χ0v) is 15.3. The van der Waals surface area contributed by atoms with Crippen LogP contribution in [-0.2, 0) is 17.4 Å². The van der Waals surface area contributed by atoms with Gasteiger partial charge in [0, 0.05) is 37.7 Å². The highest BCUT2D eigenvalue weighted by Crippen LogP contribution is 2.28. The normalized spacial score (nSPS) is 15.4. The summed E-state index contributed by atoms with van der Waals surface area (Å²) in [7, 11) is 1.56. The van der Waals surface area contributed by atoms with Gasteiger partial charge in [-0.1, -0.05) is 18.2 Å². The summed E-state index contributed by atoms with van der Waals surface area (Å²) in [5.74, 6) is 0.633. The van der Waals surface area contributed by atoms with E-state index in [0.717, 1.165) is 17.8 Å². The molecular formula is C19H20F3N3O3. The van der Waals surface area contributed by atoms with Gasteiger partial charge < -0.3 is 14.4 Å². The molecule has 1 amide bonds. The van der Waals surface area contributed by atoms with Crippen molar-refractivity contribution in [2.45, 2.75) is 31.5 Å². The van der Waals surface area contributed by atoms with Gasteiger partial charge >= 0.3 is 12.2 Å². The molecule has 0 saturated carbocycles. The van der Waals surface area contributed by atoms with Crippen LogP contribution in [0.5, 0.6) is 11.8 Å². The minimum atomic E-state index is -4.55. The highest BCUT2D eigenvalue weighted by Gasteiger charge is 2.33. The van der Waals surface area contributed by atoms with Crippen molar-refractivity contribution in [3.05, 3.63) is 47.8 Å². The van der Waals surface area contributed by atoms with Crippen LogP contribution in [-0.4, -0.2) is 47.1 Å². The molecule has 0 atom stereocenters. The molecule has 1 fully saturated rings. The summed E-state index contributed by atoms with van der Waals surface area (Å²) in [5, 5.41) is 0. The van der Waals surface area contributed by atoms with E-state index in [4.69, 9.17) is 9.47 Å². The molecule has 28 heavy (non-hydrogen) atoms. The van der Waals surface area contributed by atoms with E-state index in [1.165, 1.54) is 0 Å². The van der Waals surface area contributed by atoms with Crippen LogP contribution >= 0.6 is 0 Å². The molecule has 150 valence electrons. The molecule has 1 aliphatic heterocycles. The van der Waals surface area contributed by atoms with Gasteiger partial charge in [-0.3, -0.25) is 4.79 Å². The molecule has 2 aromatic rings. The fourth-order valence-corrected chi connectivity index (χ4v) is 3.05. The van der Waals surface area contributed by atoms with E-state index >= 15 is 0 Å². The molecule has 2 heterocycles. The van der Waals surface area contributed by atoms with Crippen molar-refractivity contribution in [3.8, 4) is 11.8 Å². The molecule has 6 nitrogen and oxygen atoms in total. The smallest absolute Gasteiger partial charge is 0.433 e. The standard InChI is InChI=1S/C19H20F3N3O3/c1-27-15-5-3-2-4-13(15)12-17(26)25-10-7-14(8-11-25)28-18-23-9-6-16(24-18)19(20,21)22/h2-6,9,14H,7-8,10-12H2,1H3. The Labute approximate surface area is 160 Å². The molecule has 3 rings (SSSR count). The molecule has 1 aromatic heterocycles. The zero-order valence-electron chi connectivity index (χ0n) is 15.3. The number of ether oxygens (including phenoxy) is 2. The van der Waals surface area contributed by atoms with Crippen LogP contribution in [0.1, 0.15) is 24.1 Å². The Bertz CT molecular complexity index is 821. The number of hydrogen-bond donors (Lipinski definition) is 0. The van der Waals surface area contributed by atoms with Crippen LogP contribution in [0.15, 0.2) is 36.5 Å². The molecule has 1 saturated heterocycles. The maximum atomic E-state index is 12.7. The Balaban J connectivity index is 1.54. The highest BCUT2D eigenvalue weighted by atomic mass is 19.4. The SMILES string of the molecule is COc1ccccc1CC(=O)N1CCC(Oc2nccc(C(F)(F)F)n2)CC1. The predicted molar refractivity (Wildman–Crippen MR) is 94.0 cm³/mol. The second kappa shape index (κ2) is 8.45. The number of carbonyl (C=O) groups excluding carboxylic acids is 1. The van der Waals surface area contributed by atoms with Crippen LogP contribution in [0.3, 0.4) is 0 Å². The number of carbonyl (C=O) groups is 1. The number of aromatic nitrogens is 2. The summed E-state index contributed by atoms with van der Waals surface area (Å²) in [6.45, 7) is 0.912. The van der Waals surface area contributed by atoms with E-state index in [-0.39, 0.29) is 24.4 Å². The lowest BCUT2D eigenvalue weighted by Gasteiger charge is -2.32. The monoisotopic (exact) mass is 395 g/mol. The lowest BCUT2D eigenvalue weighted by Crippen LogP contribution is -2.42. The van der Waals surface area contributed by atoms with Gasteiger partial charge in [-0.25, -0.2) is 4.98 Å². The van der Waals surface area contributed by atoms with Gasteiger partial charge in [0.1, 0.15) is 11.9 Å². The molecular weight excluding hydrogens is 375 g/mol. The van der Waals surface area contributed by atoms with Gasteiger partial charge in [0.2, 0.25) is 5.91 Å². The summed E-state index contributed by atoms with van der Waals surface area (Å²) < 4.78 is 48.9. The lowest BCUT2D eigenvalue weighted by atomic mass is 10.1. The third-order valence-corrected chi connectivity index (χ3v) is 4.52. The Hall–Kier alpha value is -2.84. The minimum absolute atomic E-state index is 0.0294. The largest absolute Gasteiger partial charge is 0.496 e. The summed E-state index contributed by atoms with van der Waals surface area (Å²) >= 11 is 0. The number of piperidine rings is 1. The van der Waals surface area contributed by atoms with Crippen molar-refractivity contribution in [2.24, 2.45) is 0 Å². The molecule has 1 aromatic carbocycles. The van der Waals surface area contributed by atoms with Crippen LogP contribution in [0.4, 0.5) is 13.2 Å². The Kier molecular flexibility index (Phi) is 6.01.